The van der Waals surface area contributed by atoms with Crippen molar-refractivity contribution in [3.05, 3.63) is 46.4 Å². The summed E-state index contributed by atoms with van der Waals surface area (Å²) in [6, 6.07) is 9.99. The molecule has 1 saturated heterocycles. The molecule has 32 heavy (non-hydrogen) atoms. The molecule has 0 radical (unpaired) electrons. The third-order valence-corrected chi connectivity index (χ3v) is 6.41. The molecule has 0 saturated carbocycles. The highest BCUT2D eigenvalue weighted by Gasteiger charge is 2.60. The Bertz CT molecular complexity index is 1110. The van der Waals surface area contributed by atoms with Gasteiger partial charge in [-0.25, -0.2) is 0 Å². The van der Waals surface area contributed by atoms with Gasteiger partial charge in [-0.05, 0) is 36.8 Å². The van der Waals surface area contributed by atoms with Crippen LogP contribution >= 0.6 is 15.9 Å². The molecule has 5 N–H and O–H groups in total. The Hall–Kier alpha value is -3.11. The van der Waals surface area contributed by atoms with Crippen molar-refractivity contribution in [2.75, 3.05) is 24.9 Å². The van der Waals surface area contributed by atoms with E-state index < -0.39 is 23.4 Å². The molecule has 9 nitrogen and oxygen atoms in total. The summed E-state index contributed by atoms with van der Waals surface area (Å²) in [6.45, 7) is 0. The Kier molecular flexibility index (Phi) is 5.83. The van der Waals surface area contributed by atoms with Crippen LogP contribution < -0.4 is 31.2 Å². The molecule has 3 amide bonds. The Morgan fingerprint density at radius 1 is 1.22 bits per heavy atom. The third kappa shape index (κ3) is 3.69. The van der Waals surface area contributed by atoms with Gasteiger partial charge in [0.1, 0.15) is 17.0 Å². The molecular formula is C22H23BrN4O5. The molecule has 10 heteroatoms. The Morgan fingerprint density at radius 2 is 2.00 bits per heavy atom. The van der Waals surface area contributed by atoms with Crippen LogP contribution in [0.25, 0.3) is 0 Å². The van der Waals surface area contributed by atoms with Crippen LogP contribution in [0.4, 0.5) is 11.4 Å². The summed E-state index contributed by atoms with van der Waals surface area (Å²) in [6.07, 6.45) is 0.255. The highest BCUT2D eigenvalue weighted by atomic mass is 79.9. The van der Waals surface area contributed by atoms with Crippen molar-refractivity contribution >= 4 is 45.0 Å². The molecule has 0 bridgehead atoms. The molecule has 2 aromatic rings. The van der Waals surface area contributed by atoms with E-state index in [1.807, 2.05) is 6.07 Å². The predicted molar refractivity (Wildman–Crippen MR) is 121 cm³/mol. The molecule has 1 spiro atoms. The van der Waals surface area contributed by atoms with Gasteiger partial charge in [-0.3, -0.25) is 19.7 Å². The monoisotopic (exact) mass is 502 g/mol. The zero-order chi connectivity index (χ0) is 23.0. The van der Waals surface area contributed by atoms with Crippen LogP contribution in [-0.4, -0.2) is 38.0 Å². The lowest BCUT2D eigenvalue weighted by atomic mass is 9.79. The second-order valence-corrected chi connectivity index (χ2v) is 8.72. The number of fused-ring (bicyclic) bond motifs is 2. The van der Waals surface area contributed by atoms with Crippen molar-refractivity contribution in [1.29, 1.82) is 0 Å². The second kappa shape index (κ2) is 8.44. The number of hydrogen-bond donors (Lipinski definition) is 4. The van der Waals surface area contributed by atoms with Crippen molar-refractivity contribution in [2.45, 2.75) is 24.4 Å². The van der Waals surface area contributed by atoms with Gasteiger partial charge in [-0.1, -0.05) is 15.9 Å². The lowest BCUT2D eigenvalue weighted by Crippen LogP contribution is -2.52. The maximum absolute atomic E-state index is 13.6. The van der Waals surface area contributed by atoms with E-state index in [4.69, 9.17) is 15.2 Å². The molecule has 2 aromatic carbocycles. The molecule has 1 fully saturated rings. The second-order valence-electron chi connectivity index (χ2n) is 7.81. The molecule has 2 aliphatic rings. The van der Waals surface area contributed by atoms with Gasteiger partial charge in [-0.2, -0.15) is 0 Å². The molecule has 0 aromatic heterocycles. The number of anilines is 2. The fourth-order valence-electron chi connectivity index (χ4n) is 4.54. The van der Waals surface area contributed by atoms with Crippen molar-refractivity contribution in [1.82, 2.24) is 5.32 Å². The number of rotatable bonds is 6. The standard InChI is InChI=1S/C22H23BrN4O5/c1-31-13-4-6-18(32-2)17(10-13)25-20(29)15-8-12(9-19(24)28)27-22(15)14-7-11(23)3-5-16(14)26-21(22)30/h3-7,10,12,15,27H,8-9H2,1-2H3,(H2,24,28)(H,25,29)(H,26,30)/t12-,15-,22+/m0/s1. The average molecular weight is 503 g/mol. The topological polar surface area (TPSA) is 132 Å². The quantitative estimate of drug-likeness (QED) is 0.478. The predicted octanol–water partition coefficient (Wildman–Crippen LogP) is 2.11. The van der Waals surface area contributed by atoms with Crippen molar-refractivity contribution in [2.24, 2.45) is 11.7 Å². The number of carbonyl (C=O) groups excluding carboxylic acids is 3. The number of ether oxygens (including phenoxy) is 2. The Labute approximate surface area is 193 Å². The third-order valence-electron chi connectivity index (χ3n) is 5.92. The van der Waals surface area contributed by atoms with E-state index >= 15 is 0 Å². The number of nitrogens with one attached hydrogen (secondary N) is 3. The molecule has 4 rings (SSSR count). The van der Waals surface area contributed by atoms with Gasteiger partial charge >= 0.3 is 0 Å². The number of carbonyl (C=O) groups is 3. The zero-order valence-corrected chi connectivity index (χ0v) is 19.1. The minimum absolute atomic E-state index is 0.00459. The van der Waals surface area contributed by atoms with Gasteiger partial charge in [0.05, 0.1) is 25.8 Å². The minimum Gasteiger partial charge on any atom is -0.497 e. The number of benzene rings is 2. The van der Waals surface area contributed by atoms with Crippen LogP contribution in [0.15, 0.2) is 40.9 Å². The Balaban J connectivity index is 1.75. The van der Waals surface area contributed by atoms with Crippen LogP contribution in [-0.2, 0) is 19.9 Å². The maximum Gasteiger partial charge on any atom is 0.250 e. The van der Waals surface area contributed by atoms with Crippen LogP contribution in [0.2, 0.25) is 0 Å². The molecule has 2 heterocycles. The summed E-state index contributed by atoms with van der Waals surface area (Å²) < 4.78 is 11.4. The first-order chi connectivity index (χ1) is 15.3. The summed E-state index contributed by atoms with van der Waals surface area (Å²) in [7, 11) is 3.02. The summed E-state index contributed by atoms with van der Waals surface area (Å²) >= 11 is 3.44. The van der Waals surface area contributed by atoms with E-state index in [1.165, 1.54) is 14.2 Å². The van der Waals surface area contributed by atoms with Gasteiger partial charge in [0.2, 0.25) is 17.7 Å². The highest BCUT2D eigenvalue weighted by Crippen LogP contribution is 2.48. The molecule has 168 valence electrons. The molecule has 0 aliphatic carbocycles. The van der Waals surface area contributed by atoms with E-state index in [1.54, 1.807) is 30.3 Å². The number of halogens is 1. The Morgan fingerprint density at radius 3 is 2.69 bits per heavy atom. The normalized spacial score (nSPS) is 23.5. The first-order valence-corrected chi connectivity index (χ1v) is 10.8. The summed E-state index contributed by atoms with van der Waals surface area (Å²) in [4.78, 5) is 38.4. The van der Waals surface area contributed by atoms with E-state index in [2.05, 4.69) is 31.9 Å². The van der Waals surface area contributed by atoms with Gasteiger partial charge in [0.15, 0.2) is 0 Å². The fraction of sp³-hybridized carbons (Fsp3) is 0.318. The number of methoxy groups -OCH3 is 2. The first-order valence-electron chi connectivity index (χ1n) is 9.99. The number of hydrogen-bond acceptors (Lipinski definition) is 6. The van der Waals surface area contributed by atoms with Crippen LogP contribution in [0.3, 0.4) is 0 Å². The lowest BCUT2D eigenvalue weighted by molar-refractivity contribution is -0.130. The molecule has 3 atom stereocenters. The van der Waals surface area contributed by atoms with Crippen molar-refractivity contribution < 1.29 is 23.9 Å². The fourth-order valence-corrected chi connectivity index (χ4v) is 4.90. The smallest absolute Gasteiger partial charge is 0.250 e. The lowest BCUT2D eigenvalue weighted by Gasteiger charge is -2.29. The van der Waals surface area contributed by atoms with E-state index in [9.17, 15) is 14.4 Å². The van der Waals surface area contributed by atoms with Crippen LogP contribution in [0.5, 0.6) is 11.5 Å². The number of nitrogens with two attached hydrogens (primary N) is 1. The van der Waals surface area contributed by atoms with Gasteiger partial charge < -0.3 is 25.8 Å². The largest absolute Gasteiger partial charge is 0.497 e. The van der Waals surface area contributed by atoms with Gasteiger partial charge in [0.25, 0.3) is 0 Å². The summed E-state index contributed by atoms with van der Waals surface area (Å²) in [5.74, 6) is -1.07. The van der Waals surface area contributed by atoms with Crippen molar-refractivity contribution in [3.63, 3.8) is 0 Å². The van der Waals surface area contributed by atoms with Gasteiger partial charge in [-0.15, -0.1) is 0 Å². The van der Waals surface area contributed by atoms with Crippen LogP contribution in [0, 0.1) is 5.92 Å². The van der Waals surface area contributed by atoms with E-state index in [0.29, 0.717) is 28.4 Å². The summed E-state index contributed by atoms with van der Waals surface area (Å²) in [5, 5.41) is 8.98. The zero-order valence-electron chi connectivity index (χ0n) is 17.5. The molecule has 0 unspecified atom stereocenters. The maximum atomic E-state index is 13.6. The van der Waals surface area contributed by atoms with E-state index in [-0.39, 0.29) is 24.7 Å². The molecule has 2 aliphatic heterocycles. The van der Waals surface area contributed by atoms with E-state index in [0.717, 1.165) is 4.47 Å². The minimum atomic E-state index is -1.34. The number of primary amides is 1. The average Bonchev–Trinajstić information content (AvgIpc) is 3.26. The SMILES string of the molecule is COc1ccc(OC)c(NC(=O)[C@@H]2C[C@@H](CC(N)=O)N[C@@]23C(=O)Nc2ccc(Br)cc23)c1. The highest BCUT2D eigenvalue weighted by molar-refractivity contribution is 9.10. The van der Waals surface area contributed by atoms with Gasteiger partial charge in [0, 0.05) is 34.3 Å². The molecular weight excluding hydrogens is 480 g/mol. The summed E-state index contributed by atoms with van der Waals surface area (Å²) in [5.41, 5.74) is 5.74. The van der Waals surface area contributed by atoms with Crippen LogP contribution in [0.1, 0.15) is 18.4 Å². The van der Waals surface area contributed by atoms with Crippen molar-refractivity contribution in [3.8, 4) is 11.5 Å². The first kappa shape index (κ1) is 22.1. The number of amides is 3.